The number of halogens is 2. The number of nitrogens with one attached hydrogen (secondary N) is 1. The fourth-order valence-electron chi connectivity index (χ4n) is 3.24. The molecule has 1 aromatic rings. The lowest BCUT2D eigenvalue weighted by molar-refractivity contribution is -0.120. The molecule has 2 atom stereocenters. The molecule has 0 aromatic carbocycles. The number of thiophene rings is 1. The highest BCUT2D eigenvalue weighted by atomic mass is 79.9. The summed E-state index contributed by atoms with van der Waals surface area (Å²) in [5.41, 5.74) is 6.66. The summed E-state index contributed by atoms with van der Waals surface area (Å²) in [5, 5.41) is 3.58. The molecule has 1 saturated carbocycles. The van der Waals surface area contributed by atoms with E-state index in [4.69, 9.17) is 5.73 Å². The van der Waals surface area contributed by atoms with Crippen LogP contribution in [-0.4, -0.2) is 15.0 Å². The van der Waals surface area contributed by atoms with Crippen LogP contribution in [0.15, 0.2) is 0 Å². The molecule has 2 amide bonds. The Morgan fingerprint density at radius 2 is 2.09 bits per heavy atom. The van der Waals surface area contributed by atoms with Crippen LogP contribution in [0.2, 0.25) is 0 Å². The molecule has 23 heavy (non-hydrogen) atoms. The molecule has 3 rings (SSSR count). The number of anilines is 1. The van der Waals surface area contributed by atoms with Crippen molar-refractivity contribution in [1.82, 2.24) is 0 Å². The van der Waals surface area contributed by atoms with Crippen molar-refractivity contribution in [3.8, 4) is 0 Å². The second-order valence-electron chi connectivity index (χ2n) is 6.76. The maximum Gasteiger partial charge on any atom is 0.251 e. The third kappa shape index (κ3) is 2.89. The molecular weight excluding hydrogens is 444 g/mol. The minimum Gasteiger partial charge on any atom is -0.365 e. The average molecular weight is 464 g/mol. The van der Waals surface area contributed by atoms with Crippen LogP contribution in [-0.2, 0) is 17.6 Å². The van der Waals surface area contributed by atoms with Crippen LogP contribution in [0.3, 0.4) is 0 Å². The van der Waals surface area contributed by atoms with E-state index in [2.05, 4.69) is 44.1 Å². The van der Waals surface area contributed by atoms with Crippen LogP contribution in [0.1, 0.15) is 53.9 Å². The lowest BCUT2D eigenvalue weighted by Crippen LogP contribution is -2.26. The molecular formula is C16H20Br2N2O2S. The van der Waals surface area contributed by atoms with E-state index in [0.29, 0.717) is 22.9 Å². The highest BCUT2D eigenvalue weighted by Crippen LogP contribution is 2.66. The zero-order valence-electron chi connectivity index (χ0n) is 13.2. The fourth-order valence-corrected chi connectivity index (χ4v) is 6.08. The Morgan fingerprint density at radius 3 is 2.61 bits per heavy atom. The van der Waals surface area contributed by atoms with Crippen molar-refractivity contribution in [2.45, 2.75) is 49.2 Å². The quantitative estimate of drug-likeness (QED) is 0.656. The Kier molecular flexibility index (Phi) is 4.43. The van der Waals surface area contributed by atoms with Gasteiger partial charge in [-0.3, -0.25) is 9.59 Å². The first-order chi connectivity index (χ1) is 10.7. The first kappa shape index (κ1) is 17.4. The summed E-state index contributed by atoms with van der Waals surface area (Å²) in [6.07, 6.45) is 4.78. The van der Waals surface area contributed by atoms with Gasteiger partial charge in [0.1, 0.15) is 5.00 Å². The fraction of sp³-hybridized carbons (Fsp3) is 0.625. The number of fused-ring (bicyclic) bond motifs is 1. The minimum atomic E-state index is -0.516. The number of amides is 2. The molecule has 2 unspecified atom stereocenters. The summed E-state index contributed by atoms with van der Waals surface area (Å²) in [5.74, 6) is 0.126. The van der Waals surface area contributed by atoms with E-state index in [1.54, 1.807) is 0 Å². The summed E-state index contributed by atoms with van der Waals surface area (Å²) in [4.78, 5) is 25.7. The van der Waals surface area contributed by atoms with Gasteiger partial charge in [0.05, 0.1) is 14.2 Å². The van der Waals surface area contributed by atoms with Gasteiger partial charge in [-0.05, 0) is 44.1 Å². The van der Waals surface area contributed by atoms with Crippen LogP contribution < -0.4 is 11.1 Å². The lowest BCUT2D eigenvalue weighted by Gasteiger charge is -2.20. The Bertz CT molecular complexity index is 686. The summed E-state index contributed by atoms with van der Waals surface area (Å²) in [7, 11) is 0. The molecule has 0 aliphatic heterocycles. The number of nitrogens with two attached hydrogens (primary N) is 1. The highest BCUT2D eigenvalue weighted by molar-refractivity contribution is 9.25. The van der Waals surface area contributed by atoms with Crippen molar-refractivity contribution in [3.63, 3.8) is 0 Å². The molecule has 0 spiro atoms. The molecule has 1 heterocycles. The van der Waals surface area contributed by atoms with E-state index in [0.717, 1.165) is 31.2 Å². The van der Waals surface area contributed by atoms with Crippen molar-refractivity contribution in [1.29, 1.82) is 0 Å². The van der Waals surface area contributed by atoms with Crippen molar-refractivity contribution in [2.24, 2.45) is 17.1 Å². The highest BCUT2D eigenvalue weighted by Gasteiger charge is 2.66. The molecule has 1 aromatic heterocycles. The van der Waals surface area contributed by atoms with Crippen LogP contribution in [0, 0.1) is 11.3 Å². The van der Waals surface area contributed by atoms with Crippen LogP contribution in [0.5, 0.6) is 0 Å². The van der Waals surface area contributed by atoms with E-state index >= 15 is 0 Å². The third-order valence-electron chi connectivity index (χ3n) is 5.18. The van der Waals surface area contributed by atoms with Crippen molar-refractivity contribution >= 4 is 60.0 Å². The number of primary amides is 1. The number of hydrogen-bond donors (Lipinski definition) is 2. The molecule has 7 heteroatoms. The van der Waals surface area contributed by atoms with Gasteiger partial charge in [0, 0.05) is 4.88 Å². The summed E-state index contributed by atoms with van der Waals surface area (Å²) in [6, 6.07) is 0. The van der Waals surface area contributed by atoms with Gasteiger partial charge in [-0.25, -0.2) is 0 Å². The number of alkyl halides is 2. The minimum absolute atomic E-state index is 0.0839. The zero-order valence-corrected chi connectivity index (χ0v) is 17.2. The van der Waals surface area contributed by atoms with Crippen LogP contribution in [0.25, 0.3) is 0 Å². The topological polar surface area (TPSA) is 72.2 Å². The van der Waals surface area contributed by atoms with Gasteiger partial charge in [-0.15, -0.1) is 11.3 Å². The zero-order chi connectivity index (χ0) is 17.0. The molecule has 4 nitrogen and oxygen atoms in total. The lowest BCUT2D eigenvalue weighted by atomic mass is 9.85. The SMILES string of the molecule is CCC1CCc2c(sc(NC(=O)C3(C)CC3(Br)Br)c2C(N)=O)C1. The van der Waals surface area contributed by atoms with E-state index in [-0.39, 0.29) is 9.14 Å². The van der Waals surface area contributed by atoms with Crippen LogP contribution >= 0.6 is 43.2 Å². The van der Waals surface area contributed by atoms with E-state index in [1.165, 1.54) is 16.2 Å². The van der Waals surface area contributed by atoms with Gasteiger partial charge in [-0.2, -0.15) is 0 Å². The predicted molar refractivity (Wildman–Crippen MR) is 101 cm³/mol. The average Bonchev–Trinajstić information content (AvgIpc) is 2.84. The first-order valence-corrected chi connectivity index (χ1v) is 10.2. The Morgan fingerprint density at radius 1 is 1.43 bits per heavy atom. The van der Waals surface area contributed by atoms with Crippen LogP contribution in [0.4, 0.5) is 5.00 Å². The summed E-state index contributed by atoms with van der Waals surface area (Å²) in [6.45, 7) is 4.09. The number of rotatable bonds is 4. The second-order valence-corrected chi connectivity index (χ2v) is 11.6. The van der Waals surface area contributed by atoms with E-state index in [9.17, 15) is 9.59 Å². The van der Waals surface area contributed by atoms with Gasteiger partial charge in [0.15, 0.2) is 0 Å². The normalized spacial score (nSPS) is 28.1. The van der Waals surface area contributed by atoms with Gasteiger partial charge in [-0.1, -0.05) is 45.2 Å². The van der Waals surface area contributed by atoms with E-state index in [1.807, 2.05) is 6.92 Å². The molecule has 0 bridgehead atoms. The van der Waals surface area contributed by atoms with Gasteiger partial charge >= 0.3 is 0 Å². The van der Waals surface area contributed by atoms with Gasteiger partial charge in [0.2, 0.25) is 5.91 Å². The molecule has 1 fully saturated rings. The second kappa shape index (κ2) is 5.85. The predicted octanol–water partition coefficient (Wildman–Crippen LogP) is 4.20. The van der Waals surface area contributed by atoms with Gasteiger partial charge in [0.25, 0.3) is 5.91 Å². The van der Waals surface area contributed by atoms with Gasteiger partial charge < -0.3 is 11.1 Å². The first-order valence-electron chi connectivity index (χ1n) is 7.83. The molecule has 126 valence electrons. The largest absolute Gasteiger partial charge is 0.365 e. The van der Waals surface area contributed by atoms with E-state index < -0.39 is 11.3 Å². The monoisotopic (exact) mass is 462 g/mol. The standard InChI is InChI=1S/C16H20Br2N2O2S/c1-3-8-4-5-9-10(6-8)23-13(11(9)12(19)21)20-14(22)15(2)7-16(15,17)18/h8H,3-7H2,1-2H3,(H2,19,21)(H,20,22). The maximum atomic E-state index is 12.6. The molecule has 2 aliphatic rings. The Balaban J connectivity index is 1.90. The molecule has 0 radical (unpaired) electrons. The van der Waals surface area contributed by atoms with Crippen molar-refractivity contribution < 1.29 is 9.59 Å². The third-order valence-corrected chi connectivity index (χ3v) is 8.66. The molecule has 3 N–H and O–H groups in total. The Hall–Kier alpha value is -0.400. The smallest absolute Gasteiger partial charge is 0.251 e. The maximum absolute atomic E-state index is 12.6. The summed E-state index contributed by atoms with van der Waals surface area (Å²) < 4.78 is -0.353. The number of hydrogen-bond acceptors (Lipinski definition) is 3. The number of carbonyl (C=O) groups excluding carboxylic acids is 2. The molecule has 0 saturated heterocycles. The molecule has 2 aliphatic carbocycles. The van der Waals surface area contributed by atoms with Crippen molar-refractivity contribution in [3.05, 3.63) is 16.0 Å². The Labute approximate surface area is 156 Å². The number of carbonyl (C=O) groups is 2. The summed E-state index contributed by atoms with van der Waals surface area (Å²) >= 11 is 8.54. The van der Waals surface area contributed by atoms with Crippen molar-refractivity contribution in [2.75, 3.05) is 5.32 Å².